The van der Waals surface area contributed by atoms with Crippen molar-refractivity contribution in [2.24, 2.45) is 0 Å². The largest absolute Gasteiger partial charge is 0.481 e. The van der Waals surface area contributed by atoms with Crippen molar-refractivity contribution >= 4 is 18.1 Å². The number of unbranched alkanes of at least 4 members (excludes halogenated alkanes) is 4. The topological polar surface area (TPSA) is 70.4 Å². The van der Waals surface area contributed by atoms with E-state index < -0.39 is 12.1 Å². The molecular weight excluding hydrogens is 326 g/mol. The Hall–Kier alpha value is -2.20. The maximum absolute atomic E-state index is 10.5. The summed E-state index contributed by atoms with van der Waals surface area (Å²) in [5, 5.41) is 18.6. The summed E-state index contributed by atoms with van der Waals surface area (Å²) in [4.78, 5) is 14.9. The Kier molecular flexibility index (Phi) is 11.8. The van der Waals surface area contributed by atoms with Gasteiger partial charge in [0.1, 0.15) is 0 Å². The highest BCUT2D eigenvalue weighted by atomic mass is 16.4. The Bertz CT molecular complexity index is 605. The molecule has 0 fully saturated rings. The molecular formula is C22H31NO3. The van der Waals surface area contributed by atoms with E-state index in [2.05, 4.69) is 18.0 Å². The maximum Gasteiger partial charge on any atom is 0.303 e. The van der Waals surface area contributed by atoms with Crippen molar-refractivity contribution in [2.45, 2.75) is 64.4 Å². The number of aliphatic hydroxyl groups is 1. The summed E-state index contributed by atoms with van der Waals surface area (Å²) in [5.41, 5.74) is 1.62. The number of rotatable bonds is 13. The van der Waals surface area contributed by atoms with Crippen LogP contribution in [0.1, 0.15) is 69.7 Å². The van der Waals surface area contributed by atoms with E-state index in [-0.39, 0.29) is 6.42 Å². The standard InChI is InChI=1S/C22H31NO3/c1-2-3-4-5-6-9-15-21(24)18-17-20-14-11-13-19(23-20)12-8-7-10-16-22(25)26/h6,8-9,11-14,17-18,21,24H,2-5,7,10,15-16H2,1H3,(H,25,26)/b9-6+,12-8+,18-17+. The summed E-state index contributed by atoms with van der Waals surface area (Å²) in [7, 11) is 0. The number of pyridine rings is 1. The molecule has 0 aliphatic rings. The lowest BCUT2D eigenvalue weighted by molar-refractivity contribution is -0.137. The molecule has 0 aliphatic heterocycles. The summed E-state index contributed by atoms with van der Waals surface area (Å²) in [6, 6.07) is 5.72. The number of carboxylic acids is 1. The first-order chi connectivity index (χ1) is 12.6. The first-order valence-electron chi connectivity index (χ1n) is 9.48. The summed E-state index contributed by atoms with van der Waals surface area (Å²) >= 11 is 0. The van der Waals surface area contributed by atoms with E-state index >= 15 is 0 Å². The smallest absolute Gasteiger partial charge is 0.303 e. The van der Waals surface area contributed by atoms with Crippen molar-refractivity contribution in [2.75, 3.05) is 0 Å². The molecule has 0 bridgehead atoms. The van der Waals surface area contributed by atoms with Gasteiger partial charge in [-0.1, -0.05) is 50.1 Å². The lowest BCUT2D eigenvalue weighted by Gasteiger charge is -2.01. The molecule has 0 saturated carbocycles. The van der Waals surface area contributed by atoms with Crippen molar-refractivity contribution in [3.63, 3.8) is 0 Å². The van der Waals surface area contributed by atoms with Crippen LogP contribution in [0, 0.1) is 0 Å². The zero-order valence-corrected chi connectivity index (χ0v) is 15.7. The van der Waals surface area contributed by atoms with Crippen molar-refractivity contribution in [1.82, 2.24) is 4.98 Å². The van der Waals surface area contributed by atoms with Gasteiger partial charge in [0.15, 0.2) is 0 Å². The Labute approximate surface area is 157 Å². The molecule has 1 atom stereocenters. The molecule has 4 heteroatoms. The minimum atomic E-state index is -0.766. The molecule has 0 aliphatic carbocycles. The zero-order valence-electron chi connectivity index (χ0n) is 15.7. The van der Waals surface area contributed by atoms with E-state index in [1.54, 1.807) is 6.08 Å². The molecule has 1 aromatic heterocycles. The normalized spacial score (nSPS) is 13.2. The third-order valence-electron chi connectivity index (χ3n) is 3.85. The Morgan fingerprint density at radius 1 is 1.08 bits per heavy atom. The number of nitrogens with zero attached hydrogens (tertiary/aromatic N) is 1. The number of aromatic nitrogens is 1. The minimum absolute atomic E-state index is 0.186. The van der Waals surface area contributed by atoms with Gasteiger partial charge in [-0.3, -0.25) is 4.79 Å². The maximum atomic E-state index is 10.5. The van der Waals surface area contributed by atoms with Crippen LogP contribution < -0.4 is 0 Å². The second-order valence-corrected chi connectivity index (χ2v) is 6.31. The molecule has 1 aromatic rings. The molecule has 1 rings (SSSR count). The average molecular weight is 357 g/mol. The quantitative estimate of drug-likeness (QED) is 0.373. The lowest BCUT2D eigenvalue weighted by atomic mass is 10.1. The predicted molar refractivity (Wildman–Crippen MR) is 108 cm³/mol. The van der Waals surface area contributed by atoms with Crippen LogP contribution in [0.15, 0.2) is 42.5 Å². The SMILES string of the molecule is CCCCC/C=C/CC(O)/C=C/c1cccc(/C=C/CCCC(=O)O)n1. The summed E-state index contributed by atoms with van der Waals surface area (Å²) < 4.78 is 0. The predicted octanol–water partition coefficient (Wildman–Crippen LogP) is 5.25. The average Bonchev–Trinajstić information content (AvgIpc) is 2.63. The molecule has 0 radical (unpaired) electrons. The van der Waals surface area contributed by atoms with Crippen molar-refractivity contribution in [3.8, 4) is 0 Å². The van der Waals surface area contributed by atoms with Crippen LogP contribution >= 0.6 is 0 Å². The molecule has 0 amide bonds. The summed E-state index contributed by atoms with van der Waals surface area (Å²) in [5.74, 6) is -0.766. The van der Waals surface area contributed by atoms with E-state index in [1.807, 2.05) is 42.5 Å². The van der Waals surface area contributed by atoms with Gasteiger partial charge in [-0.2, -0.15) is 0 Å². The highest BCUT2D eigenvalue weighted by Crippen LogP contribution is 2.07. The fraction of sp³-hybridized carbons (Fsp3) is 0.455. The highest BCUT2D eigenvalue weighted by Gasteiger charge is 1.97. The fourth-order valence-corrected chi connectivity index (χ4v) is 2.38. The molecule has 0 aromatic carbocycles. The molecule has 142 valence electrons. The van der Waals surface area contributed by atoms with Gasteiger partial charge < -0.3 is 10.2 Å². The Morgan fingerprint density at radius 3 is 2.54 bits per heavy atom. The summed E-state index contributed by atoms with van der Waals surface area (Å²) in [6.45, 7) is 2.19. The first-order valence-corrected chi connectivity index (χ1v) is 9.48. The number of hydrogen-bond donors (Lipinski definition) is 2. The third-order valence-corrected chi connectivity index (χ3v) is 3.85. The molecule has 0 saturated heterocycles. The second kappa shape index (κ2) is 14.0. The van der Waals surface area contributed by atoms with Gasteiger partial charge in [-0.05, 0) is 56.4 Å². The molecule has 0 spiro atoms. The van der Waals surface area contributed by atoms with Crippen LogP contribution in [0.3, 0.4) is 0 Å². The van der Waals surface area contributed by atoms with Crippen molar-refractivity contribution < 1.29 is 15.0 Å². The van der Waals surface area contributed by atoms with Gasteiger partial charge in [0.05, 0.1) is 17.5 Å². The monoisotopic (exact) mass is 357 g/mol. The summed E-state index contributed by atoms with van der Waals surface area (Å²) in [6.07, 6.45) is 18.0. The Morgan fingerprint density at radius 2 is 1.81 bits per heavy atom. The molecule has 1 heterocycles. The van der Waals surface area contributed by atoms with Gasteiger partial charge in [0.2, 0.25) is 0 Å². The molecule has 26 heavy (non-hydrogen) atoms. The fourth-order valence-electron chi connectivity index (χ4n) is 2.38. The van der Waals surface area contributed by atoms with Crippen molar-refractivity contribution in [1.29, 1.82) is 0 Å². The lowest BCUT2D eigenvalue weighted by Crippen LogP contribution is -1.99. The van der Waals surface area contributed by atoms with Crippen LogP contribution in [-0.2, 0) is 4.79 Å². The van der Waals surface area contributed by atoms with E-state index in [4.69, 9.17) is 5.11 Å². The first kappa shape index (κ1) is 21.8. The molecule has 2 N–H and O–H groups in total. The van der Waals surface area contributed by atoms with Crippen LogP contribution in [-0.4, -0.2) is 27.3 Å². The van der Waals surface area contributed by atoms with Gasteiger partial charge >= 0.3 is 5.97 Å². The number of aliphatic carboxylic acids is 1. The number of allylic oxidation sites excluding steroid dienone is 2. The van der Waals surface area contributed by atoms with E-state index in [1.165, 1.54) is 19.3 Å². The van der Waals surface area contributed by atoms with Crippen molar-refractivity contribution in [3.05, 3.63) is 53.9 Å². The highest BCUT2D eigenvalue weighted by molar-refractivity contribution is 5.66. The van der Waals surface area contributed by atoms with E-state index in [0.717, 1.165) is 24.2 Å². The molecule has 4 nitrogen and oxygen atoms in total. The number of carbonyl (C=O) groups is 1. The van der Waals surface area contributed by atoms with Crippen LogP contribution in [0.2, 0.25) is 0 Å². The van der Waals surface area contributed by atoms with Crippen LogP contribution in [0.5, 0.6) is 0 Å². The zero-order chi connectivity index (χ0) is 19.0. The number of aliphatic hydroxyl groups excluding tert-OH is 1. The van der Waals surface area contributed by atoms with E-state index in [0.29, 0.717) is 12.8 Å². The van der Waals surface area contributed by atoms with Crippen LogP contribution in [0.25, 0.3) is 12.2 Å². The van der Waals surface area contributed by atoms with Gasteiger partial charge in [-0.15, -0.1) is 0 Å². The van der Waals surface area contributed by atoms with Gasteiger partial charge in [0, 0.05) is 6.42 Å². The van der Waals surface area contributed by atoms with E-state index in [9.17, 15) is 9.90 Å². The number of carboxylic acid groups (broad SMARTS) is 1. The minimum Gasteiger partial charge on any atom is -0.481 e. The Balaban J connectivity index is 2.40. The van der Waals surface area contributed by atoms with Crippen LogP contribution in [0.4, 0.5) is 0 Å². The van der Waals surface area contributed by atoms with Gasteiger partial charge in [0.25, 0.3) is 0 Å². The van der Waals surface area contributed by atoms with Gasteiger partial charge in [-0.25, -0.2) is 4.98 Å². The third kappa shape index (κ3) is 11.4. The molecule has 1 unspecified atom stereocenters. The number of hydrogen-bond acceptors (Lipinski definition) is 3. The second-order valence-electron chi connectivity index (χ2n) is 6.31.